The minimum atomic E-state index is -0.647. The van der Waals surface area contributed by atoms with Crippen molar-refractivity contribution < 1.29 is 14.0 Å². The molecule has 1 aromatic carbocycles. The Morgan fingerprint density at radius 2 is 2.00 bits per heavy atom. The third-order valence-electron chi connectivity index (χ3n) is 2.98. The molecular formula is C14H9FN2O2. The van der Waals surface area contributed by atoms with Crippen LogP contribution in [-0.4, -0.2) is 16.7 Å². The lowest BCUT2D eigenvalue weighted by Gasteiger charge is -2.15. The normalized spacial score (nSPS) is 13.8. The summed E-state index contributed by atoms with van der Waals surface area (Å²) < 4.78 is 13.3. The van der Waals surface area contributed by atoms with Crippen molar-refractivity contribution in [2.45, 2.75) is 6.54 Å². The Morgan fingerprint density at radius 1 is 1.16 bits per heavy atom. The smallest absolute Gasteiger partial charge is 0.299 e. The summed E-state index contributed by atoms with van der Waals surface area (Å²) in [7, 11) is 0. The fourth-order valence-electron chi connectivity index (χ4n) is 2.08. The van der Waals surface area contributed by atoms with E-state index >= 15 is 0 Å². The van der Waals surface area contributed by atoms with Gasteiger partial charge in [-0.05, 0) is 30.3 Å². The van der Waals surface area contributed by atoms with Gasteiger partial charge in [0.15, 0.2) is 0 Å². The molecule has 0 saturated carbocycles. The van der Waals surface area contributed by atoms with E-state index in [0.717, 1.165) is 0 Å². The van der Waals surface area contributed by atoms with Gasteiger partial charge >= 0.3 is 0 Å². The summed E-state index contributed by atoms with van der Waals surface area (Å²) in [5, 5.41) is 0. The lowest BCUT2D eigenvalue weighted by atomic mass is 10.1. The van der Waals surface area contributed by atoms with Crippen molar-refractivity contribution in [3.63, 3.8) is 0 Å². The highest BCUT2D eigenvalue weighted by atomic mass is 19.1. The molecule has 0 radical (unpaired) electrons. The molecule has 1 aromatic heterocycles. The monoisotopic (exact) mass is 256 g/mol. The standard InChI is InChI=1S/C14H9FN2O2/c15-9-4-5-11-12(7-9)17(14(19)13(11)18)8-10-3-1-2-6-16-10/h1-7H,8H2. The fraction of sp³-hybridized carbons (Fsp3) is 0.0714. The van der Waals surface area contributed by atoms with Crippen LogP contribution in [0.3, 0.4) is 0 Å². The summed E-state index contributed by atoms with van der Waals surface area (Å²) in [5.74, 6) is -1.73. The third-order valence-corrected chi connectivity index (χ3v) is 2.98. The van der Waals surface area contributed by atoms with E-state index < -0.39 is 17.5 Å². The van der Waals surface area contributed by atoms with E-state index in [2.05, 4.69) is 4.98 Å². The molecule has 3 rings (SSSR count). The Balaban J connectivity index is 2.01. The van der Waals surface area contributed by atoms with E-state index in [4.69, 9.17) is 0 Å². The molecule has 0 spiro atoms. The predicted molar refractivity (Wildman–Crippen MR) is 66.2 cm³/mol. The number of fused-ring (bicyclic) bond motifs is 1. The number of rotatable bonds is 2. The van der Waals surface area contributed by atoms with Crippen LogP contribution in [0, 0.1) is 5.82 Å². The van der Waals surface area contributed by atoms with Gasteiger partial charge in [0.1, 0.15) is 5.82 Å². The molecule has 1 amide bonds. The number of amides is 1. The van der Waals surface area contributed by atoms with Gasteiger partial charge in [-0.1, -0.05) is 6.07 Å². The van der Waals surface area contributed by atoms with E-state index in [1.165, 1.54) is 23.1 Å². The number of carbonyl (C=O) groups is 2. The van der Waals surface area contributed by atoms with Crippen molar-refractivity contribution in [1.82, 2.24) is 4.98 Å². The highest BCUT2D eigenvalue weighted by molar-refractivity contribution is 6.52. The SMILES string of the molecule is O=C1C(=O)N(Cc2ccccn2)c2cc(F)ccc21. The topological polar surface area (TPSA) is 50.3 Å². The van der Waals surface area contributed by atoms with Crippen LogP contribution in [0.25, 0.3) is 0 Å². The number of halogens is 1. The molecule has 0 unspecified atom stereocenters. The molecule has 94 valence electrons. The molecule has 0 saturated heterocycles. The quantitative estimate of drug-likeness (QED) is 0.772. The second kappa shape index (κ2) is 4.28. The van der Waals surface area contributed by atoms with Gasteiger partial charge in [-0.15, -0.1) is 0 Å². The zero-order valence-corrected chi connectivity index (χ0v) is 9.84. The lowest BCUT2D eigenvalue weighted by molar-refractivity contribution is -0.114. The minimum Gasteiger partial charge on any atom is -0.299 e. The van der Waals surface area contributed by atoms with E-state index in [0.29, 0.717) is 11.4 Å². The Labute approximate surface area is 108 Å². The van der Waals surface area contributed by atoms with Gasteiger partial charge in [-0.25, -0.2) is 4.39 Å². The van der Waals surface area contributed by atoms with Crippen LogP contribution in [-0.2, 0) is 11.3 Å². The predicted octanol–water partition coefficient (Wildman–Crippen LogP) is 1.95. The number of anilines is 1. The van der Waals surface area contributed by atoms with Crippen molar-refractivity contribution in [2.24, 2.45) is 0 Å². The molecule has 0 atom stereocenters. The Morgan fingerprint density at radius 3 is 2.74 bits per heavy atom. The van der Waals surface area contributed by atoms with Gasteiger partial charge in [0.2, 0.25) is 0 Å². The summed E-state index contributed by atoms with van der Waals surface area (Å²) >= 11 is 0. The van der Waals surface area contributed by atoms with Crippen LogP contribution in [0.4, 0.5) is 10.1 Å². The zero-order chi connectivity index (χ0) is 13.4. The van der Waals surface area contributed by atoms with Gasteiger partial charge in [0, 0.05) is 6.20 Å². The van der Waals surface area contributed by atoms with Crippen molar-refractivity contribution in [3.05, 3.63) is 59.7 Å². The molecule has 0 fully saturated rings. The summed E-state index contributed by atoms with van der Waals surface area (Å²) in [6.45, 7) is 0.155. The highest BCUT2D eigenvalue weighted by Crippen LogP contribution is 2.30. The Kier molecular flexibility index (Phi) is 2.59. The molecular weight excluding hydrogens is 247 g/mol. The molecule has 2 aromatic rings. The van der Waals surface area contributed by atoms with E-state index in [9.17, 15) is 14.0 Å². The second-order valence-corrected chi connectivity index (χ2v) is 4.20. The van der Waals surface area contributed by atoms with Crippen LogP contribution in [0.2, 0.25) is 0 Å². The molecule has 19 heavy (non-hydrogen) atoms. The first-order valence-corrected chi connectivity index (χ1v) is 5.72. The maximum atomic E-state index is 13.3. The number of hydrogen-bond acceptors (Lipinski definition) is 3. The molecule has 4 nitrogen and oxygen atoms in total. The van der Waals surface area contributed by atoms with E-state index in [1.807, 2.05) is 0 Å². The van der Waals surface area contributed by atoms with Gasteiger partial charge in [0.05, 0.1) is 23.5 Å². The molecule has 2 heterocycles. The number of ketones is 1. The summed E-state index contributed by atoms with van der Waals surface area (Å²) in [6, 6.07) is 9.00. The van der Waals surface area contributed by atoms with Crippen molar-refractivity contribution in [2.75, 3.05) is 4.90 Å². The number of Topliss-reactive ketones (excluding diaryl/α,β-unsaturated/α-hetero) is 1. The van der Waals surface area contributed by atoms with Crippen LogP contribution in [0.5, 0.6) is 0 Å². The maximum Gasteiger partial charge on any atom is 0.299 e. The van der Waals surface area contributed by atoms with Crippen LogP contribution in [0.15, 0.2) is 42.6 Å². The van der Waals surface area contributed by atoms with Gasteiger partial charge in [-0.3, -0.25) is 19.5 Å². The fourth-order valence-corrected chi connectivity index (χ4v) is 2.08. The largest absolute Gasteiger partial charge is 0.299 e. The van der Waals surface area contributed by atoms with Gasteiger partial charge in [-0.2, -0.15) is 0 Å². The molecule has 0 aliphatic carbocycles. The van der Waals surface area contributed by atoms with Crippen molar-refractivity contribution >= 4 is 17.4 Å². The average Bonchev–Trinajstić information content (AvgIpc) is 2.65. The van der Waals surface area contributed by atoms with Gasteiger partial charge < -0.3 is 0 Å². The number of benzene rings is 1. The Hall–Kier alpha value is -2.56. The van der Waals surface area contributed by atoms with Crippen LogP contribution in [0.1, 0.15) is 16.1 Å². The molecule has 1 aliphatic heterocycles. The van der Waals surface area contributed by atoms with Crippen LogP contribution < -0.4 is 4.90 Å². The molecule has 5 heteroatoms. The summed E-state index contributed by atoms with van der Waals surface area (Å²) in [4.78, 5) is 29.0. The van der Waals surface area contributed by atoms with Crippen molar-refractivity contribution in [3.8, 4) is 0 Å². The van der Waals surface area contributed by atoms with Crippen LogP contribution >= 0.6 is 0 Å². The zero-order valence-electron chi connectivity index (χ0n) is 9.84. The van der Waals surface area contributed by atoms with Crippen molar-refractivity contribution in [1.29, 1.82) is 0 Å². The molecule has 0 N–H and O–H groups in total. The minimum absolute atomic E-state index is 0.155. The number of hydrogen-bond donors (Lipinski definition) is 0. The average molecular weight is 256 g/mol. The number of nitrogens with zero attached hydrogens (tertiary/aromatic N) is 2. The number of carbonyl (C=O) groups excluding carboxylic acids is 2. The summed E-state index contributed by atoms with van der Waals surface area (Å²) in [6.07, 6.45) is 1.60. The maximum absolute atomic E-state index is 13.3. The molecule has 1 aliphatic rings. The first-order valence-electron chi connectivity index (χ1n) is 5.72. The molecule has 0 bridgehead atoms. The lowest BCUT2D eigenvalue weighted by Crippen LogP contribution is -2.29. The van der Waals surface area contributed by atoms with E-state index in [1.54, 1.807) is 24.4 Å². The number of aromatic nitrogens is 1. The second-order valence-electron chi connectivity index (χ2n) is 4.20. The highest BCUT2D eigenvalue weighted by Gasteiger charge is 2.36. The third kappa shape index (κ3) is 1.89. The summed E-state index contributed by atoms with van der Waals surface area (Å²) in [5.41, 5.74) is 1.18. The first-order chi connectivity index (χ1) is 9.16. The van der Waals surface area contributed by atoms with E-state index in [-0.39, 0.29) is 12.1 Å². The first kappa shape index (κ1) is 11.5. The number of pyridine rings is 1. The Bertz CT molecular complexity index is 670. The van der Waals surface area contributed by atoms with Gasteiger partial charge in [0.25, 0.3) is 11.7 Å².